The fourth-order valence-electron chi connectivity index (χ4n) is 2.74. The molecule has 164 valence electrons. The first kappa shape index (κ1) is 22.9. The fourth-order valence-corrected chi connectivity index (χ4v) is 3.99. The summed E-state index contributed by atoms with van der Waals surface area (Å²) in [7, 11) is -2.45. The van der Waals surface area contributed by atoms with Crippen LogP contribution in [0.15, 0.2) is 57.9 Å². The molecule has 1 N–H and O–H groups in total. The molecule has 2 aromatic carbocycles. The average Bonchev–Trinajstić information content (AvgIpc) is 3.18. The molecule has 31 heavy (non-hydrogen) atoms. The van der Waals surface area contributed by atoms with E-state index in [9.17, 15) is 13.2 Å². The van der Waals surface area contributed by atoms with Gasteiger partial charge < -0.3 is 9.84 Å². The zero-order valence-electron chi connectivity index (χ0n) is 17.4. The molecule has 0 aliphatic heterocycles. The van der Waals surface area contributed by atoms with Crippen molar-refractivity contribution in [2.45, 2.75) is 31.1 Å². The van der Waals surface area contributed by atoms with Crippen molar-refractivity contribution < 1.29 is 17.7 Å². The Bertz CT molecular complexity index is 1140. The molecule has 0 saturated heterocycles. The summed E-state index contributed by atoms with van der Waals surface area (Å²) < 4.78 is 31.3. The maximum absolute atomic E-state index is 12.6. The second-order valence-electron chi connectivity index (χ2n) is 7.34. The van der Waals surface area contributed by atoms with E-state index in [4.69, 9.17) is 16.1 Å². The number of benzene rings is 2. The van der Waals surface area contributed by atoms with Crippen LogP contribution in [0.3, 0.4) is 0 Å². The highest BCUT2D eigenvalue weighted by molar-refractivity contribution is 7.89. The molecule has 0 spiro atoms. The second-order valence-corrected chi connectivity index (χ2v) is 9.82. The van der Waals surface area contributed by atoms with Crippen molar-refractivity contribution in [3.63, 3.8) is 0 Å². The summed E-state index contributed by atoms with van der Waals surface area (Å²) in [6, 6.07) is 12.9. The molecule has 1 amide bonds. The van der Waals surface area contributed by atoms with Crippen molar-refractivity contribution in [2.24, 2.45) is 0 Å². The first-order valence-electron chi connectivity index (χ1n) is 9.58. The van der Waals surface area contributed by atoms with Crippen LogP contribution in [0.5, 0.6) is 0 Å². The summed E-state index contributed by atoms with van der Waals surface area (Å²) in [6.07, 6.45) is 0.506. The molecular weight excluding hydrogens is 440 g/mol. The van der Waals surface area contributed by atoms with Crippen LogP contribution in [-0.4, -0.2) is 42.4 Å². The Labute approximate surface area is 186 Å². The zero-order valence-corrected chi connectivity index (χ0v) is 18.9. The molecule has 0 fully saturated rings. The first-order chi connectivity index (χ1) is 14.6. The summed E-state index contributed by atoms with van der Waals surface area (Å²) in [5.41, 5.74) is 1.51. The third-order valence-corrected chi connectivity index (χ3v) is 6.54. The molecule has 0 unspecified atom stereocenters. The predicted octanol–water partition coefficient (Wildman–Crippen LogP) is 3.70. The van der Waals surface area contributed by atoms with Crippen LogP contribution >= 0.6 is 11.6 Å². The molecular formula is C21H23ClN4O4S. The molecule has 0 radical (unpaired) electrons. The number of hydrogen-bond acceptors (Lipinski definition) is 6. The van der Waals surface area contributed by atoms with Crippen LogP contribution in [0.4, 0.5) is 5.69 Å². The Morgan fingerprint density at radius 3 is 2.35 bits per heavy atom. The van der Waals surface area contributed by atoms with Crippen LogP contribution in [0.25, 0.3) is 0 Å². The minimum absolute atomic E-state index is 0.0682. The second kappa shape index (κ2) is 9.59. The molecule has 0 atom stereocenters. The monoisotopic (exact) mass is 462 g/mol. The first-order valence-corrected chi connectivity index (χ1v) is 11.4. The van der Waals surface area contributed by atoms with E-state index in [0.717, 1.165) is 9.87 Å². The lowest BCUT2D eigenvalue weighted by Crippen LogP contribution is -2.34. The number of hydrogen-bond donors (Lipinski definition) is 1. The number of nitrogens with one attached hydrogen (secondary N) is 1. The molecule has 8 nitrogen and oxygen atoms in total. The Hall–Kier alpha value is -2.75. The van der Waals surface area contributed by atoms with E-state index >= 15 is 0 Å². The number of rotatable bonds is 8. The van der Waals surface area contributed by atoms with Crippen molar-refractivity contribution in [1.82, 2.24) is 14.4 Å². The highest BCUT2D eigenvalue weighted by Crippen LogP contribution is 2.18. The topological polar surface area (TPSA) is 105 Å². The van der Waals surface area contributed by atoms with E-state index in [-0.39, 0.29) is 17.4 Å². The van der Waals surface area contributed by atoms with Crippen molar-refractivity contribution in [3.8, 4) is 0 Å². The fraction of sp³-hybridized carbons (Fsp3) is 0.286. The van der Waals surface area contributed by atoms with E-state index in [1.54, 1.807) is 12.1 Å². The van der Waals surface area contributed by atoms with Gasteiger partial charge in [-0.3, -0.25) is 4.79 Å². The molecule has 3 aromatic rings. The smallest absolute Gasteiger partial charge is 0.243 e. The summed E-state index contributed by atoms with van der Waals surface area (Å²) in [5.74, 6) is 0.902. The summed E-state index contributed by atoms with van der Waals surface area (Å²) in [4.78, 5) is 16.7. The van der Waals surface area contributed by atoms with Gasteiger partial charge in [0.2, 0.25) is 21.8 Å². The molecule has 3 rings (SSSR count). The maximum Gasteiger partial charge on any atom is 0.243 e. The van der Waals surface area contributed by atoms with Gasteiger partial charge in [-0.2, -0.15) is 9.29 Å². The largest absolute Gasteiger partial charge is 0.339 e. The van der Waals surface area contributed by atoms with Crippen LogP contribution in [0.1, 0.15) is 37.0 Å². The van der Waals surface area contributed by atoms with Gasteiger partial charge in [0.05, 0.1) is 11.4 Å². The number of nitrogens with zero attached hydrogens (tertiary/aromatic N) is 3. The molecule has 1 aromatic heterocycles. The van der Waals surface area contributed by atoms with E-state index in [0.29, 0.717) is 28.8 Å². The van der Waals surface area contributed by atoms with E-state index in [1.807, 2.05) is 26.0 Å². The maximum atomic E-state index is 12.6. The van der Waals surface area contributed by atoms with Gasteiger partial charge in [-0.25, -0.2) is 8.42 Å². The Morgan fingerprint density at radius 1 is 1.13 bits per heavy atom. The van der Waals surface area contributed by atoms with Crippen molar-refractivity contribution in [3.05, 3.63) is 70.8 Å². The van der Waals surface area contributed by atoms with Gasteiger partial charge in [0.1, 0.15) is 0 Å². The number of halogens is 1. The van der Waals surface area contributed by atoms with E-state index < -0.39 is 15.9 Å². The van der Waals surface area contributed by atoms with Crippen LogP contribution in [0, 0.1) is 0 Å². The number of amides is 1. The molecule has 1 heterocycles. The van der Waals surface area contributed by atoms with Gasteiger partial charge >= 0.3 is 0 Å². The average molecular weight is 463 g/mol. The van der Waals surface area contributed by atoms with Gasteiger partial charge in [-0.1, -0.05) is 42.7 Å². The van der Waals surface area contributed by atoms with Crippen molar-refractivity contribution in [2.75, 3.05) is 18.9 Å². The van der Waals surface area contributed by atoms with Crippen molar-refractivity contribution >= 4 is 33.2 Å². The number of aromatic nitrogens is 2. The third kappa shape index (κ3) is 5.90. The predicted molar refractivity (Wildman–Crippen MR) is 118 cm³/mol. The van der Waals surface area contributed by atoms with E-state index in [2.05, 4.69) is 15.5 Å². The standard InChI is InChI=1S/C21H23ClN4O4S/c1-14(2)21-24-19(25-30-21)12-15-4-8-17(9-5-15)23-20(27)13-26(3)31(28,29)18-10-6-16(22)7-11-18/h4-11,14H,12-13H2,1-3H3,(H,23,27). The molecule has 0 saturated carbocycles. The summed E-state index contributed by atoms with van der Waals surface area (Å²) >= 11 is 5.80. The highest BCUT2D eigenvalue weighted by Gasteiger charge is 2.23. The van der Waals surface area contributed by atoms with Gasteiger partial charge in [-0.05, 0) is 42.0 Å². The Morgan fingerprint density at radius 2 is 1.77 bits per heavy atom. The number of sulfonamides is 1. The van der Waals surface area contributed by atoms with Gasteiger partial charge in [0.25, 0.3) is 0 Å². The molecule has 0 aliphatic carbocycles. The minimum atomic E-state index is -3.80. The molecule has 0 bridgehead atoms. The van der Waals surface area contributed by atoms with Crippen LogP contribution < -0.4 is 5.32 Å². The Kier molecular flexibility index (Phi) is 7.09. The lowest BCUT2D eigenvalue weighted by atomic mass is 10.1. The number of likely N-dealkylation sites (N-methyl/N-ethyl adjacent to an activating group) is 1. The normalized spacial score (nSPS) is 11.8. The number of carbonyl (C=O) groups excluding carboxylic acids is 1. The lowest BCUT2D eigenvalue weighted by Gasteiger charge is -2.17. The highest BCUT2D eigenvalue weighted by atomic mass is 35.5. The molecule has 0 aliphatic rings. The summed E-state index contributed by atoms with van der Waals surface area (Å²) in [6.45, 7) is 3.63. The SMILES string of the molecule is CC(C)c1nc(Cc2ccc(NC(=O)CN(C)S(=O)(=O)c3ccc(Cl)cc3)cc2)no1. The number of anilines is 1. The minimum Gasteiger partial charge on any atom is -0.339 e. The zero-order chi connectivity index (χ0) is 22.6. The third-order valence-electron chi connectivity index (χ3n) is 4.47. The van der Waals surface area contributed by atoms with Gasteiger partial charge in [0, 0.05) is 30.1 Å². The van der Waals surface area contributed by atoms with Crippen LogP contribution in [-0.2, 0) is 21.2 Å². The summed E-state index contributed by atoms with van der Waals surface area (Å²) in [5, 5.41) is 7.10. The van der Waals surface area contributed by atoms with E-state index in [1.165, 1.54) is 31.3 Å². The Balaban J connectivity index is 1.58. The van der Waals surface area contributed by atoms with Crippen LogP contribution in [0.2, 0.25) is 5.02 Å². The quantitative estimate of drug-likeness (QED) is 0.547. The van der Waals surface area contributed by atoms with Gasteiger partial charge in [0.15, 0.2) is 5.82 Å². The molecule has 10 heteroatoms. The van der Waals surface area contributed by atoms with Gasteiger partial charge in [-0.15, -0.1) is 0 Å². The lowest BCUT2D eigenvalue weighted by molar-refractivity contribution is -0.116. The number of carbonyl (C=O) groups is 1. The van der Waals surface area contributed by atoms with Crippen molar-refractivity contribution in [1.29, 1.82) is 0 Å².